The van der Waals surface area contributed by atoms with Gasteiger partial charge in [0.05, 0.1) is 0 Å². The Hall–Kier alpha value is -0.560. The van der Waals surface area contributed by atoms with Crippen molar-refractivity contribution in [2.24, 2.45) is 0 Å². The van der Waals surface area contributed by atoms with Gasteiger partial charge in [-0.15, -0.1) is 0 Å². The summed E-state index contributed by atoms with van der Waals surface area (Å²) >= 11 is 6.16. The smallest absolute Gasteiger partial charge is 0.132 e. The van der Waals surface area contributed by atoms with E-state index in [4.69, 9.17) is 11.6 Å². The fraction of sp³-hybridized carbons (Fsp3) is 0.750. The van der Waals surface area contributed by atoms with Gasteiger partial charge >= 0.3 is 0 Å². The molecule has 2 heteroatoms. The number of halogens is 1. The molecule has 0 amide bonds. The van der Waals surface area contributed by atoms with Gasteiger partial charge in [-0.3, -0.25) is 0 Å². The molecule has 0 aromatic carbocycles. The van der Waals surface area contributed by atoms with Crippen LogP contribution in [0, 0.1) is 6.92 Å². The van der Waals surface area contributed by atoms with Crippen LogP contribution in [-0.4, -0.2) is 4.98 Å². The molecule has 0 N–H and O–H groups in total. The van der Waals surface area contributed by atoms with E-state index in [0.29, 0.717) is 5.15 Å². The summed E-state index contributed by atoms with van der Waals surface area (Å²) in [4.78, 5) is 4.18. The lowest BCUT2D eigenvalue weighted by molar-refractivity contribution is 0.544. The molecule has 0 aliphatic carbocycles. The van der Waals surface area contributed by atoms with Gasteiger partial charge in [0, 0.05) is 6.20 Å². The maximum absolute atomic E-state index is 6.16. The van der Waals surface area contributed by atoms with Crippen LogP contribution in [-0.2, 0) is 6.42 Å². The summed E-state index contributed by atoms with van der Waals surface area (Å²) in [5, 5.41) is 0.697. The molecule has 1 aromatic rings. The van der Waals surface area contributed by atoms with Crippen LogP contribution < -0.4 is 0 Å². The van der Waals surface area contributed by atoms with E-state index in [9.17, 15) is 0 Å². The summed E-state index contributed by atoms with van der Waals surface area (Å²) < 4.78 is 0. The van der Waals surface area contributed by atoms with Crippen molar-refractivity contribution in [1.82, 2.24) is 4.98 Å². The minimum atomic E-state index is 0.697. The third-order valence-electron chi connectivity index (χ3n) is 4.52. The number of aromatic nitrogens is 1. The van der Waals surface area contributed by atoms with E-state index in [1.165, 1.54) is 88.2 Å². The van der Waals surface area contributed by atoms with Crippen LogP contribution in [0.1, 0.15) is 95.1 Å². The van der Waals surface area contributed by atoms with E-state index >= 15 is 0 Å². The monoisotopic (exact) mass is 323 g/mol. The molecule has 1 nitrogen and oxygen atoms in total. The fourth-order valence-corrected chi connectivity index (χ4v) is 3.30. The van der Waals surface area contributed by atoms with Gasteiger partial charge in [0.15, 0.2) is 0 Å². The van der Waals surface area contributed by atoms with Crippen LogP contribution in [0.15, 0.2) is 12.3 Å². The lowest BCUT2D eigenvalue weighted by atomic mass is 10.0. The zero-order valence-corrected chi connectivity index (χ0v) is 15.4. The third-order valence-corrected chi connectivity index (χ3v) is 4.84. The first-order valence-corrected chi connectivity index (χ1v) is 9.73. The Morgan fingerprint density at radius 2 is 1.32 bits per heavy atom. The maximum Gasteiger partial charge on any atom is 0.132 e. The molecule has 0 saturated heterocycles. The van der Waals surface area contributed by atoms with Gasteiger partial charge in [-0.1, -0.05) is 89.2 Å². The summed E-state index contributed by atoms with van der Waals surface area (Å²) in [6.07, 6.45) is 19.6. The van der Waals surface area contributed by atoms with E-state index < -0.39 is 0 Å². The van der Waals surface area contributed by atoms with Gasteiger partial charge in [-0.2, -0.15) is 0 Å². The van der Waals surface area contributed by atoms with Gasteiger partial charge in [-0.25, -0.2) is 4.98 Å². The van der Waals surface area contributed by atoms with Crippen molar-refractivity contribution in [2.75, 3.05) is 0 Å². The molecule has 1 rings (SSSR count). The minimum absolute atomic E-state index is 0.697. The average Bonchev–Trinajstić information content (AvgIpc) is 2.51. The molecule has 0 fully saturated rings. The van der Waals surface area contributed by atoms with Gasteiger partial charge in [0.25, 0.3) is 0 Å². The second-order valence-electron chi connectivity index (χ2n) is 6.54. The van der Waals surface area contributed by atoms with E-state index in [0.717, 1.165) is 6.42 Å². The molecule has 0 atom stereocenters. The Kier molecular flexibility index (Phi) is 11.5. The normalized spacial score (nSPS) is 11.0. The molecule has 1 aromatic heterocycles. The van der Waals surface area contributed by atoms with E-state index in [1.807, 2.05) is 0 Å². The molecule has 0 saturated carbocycles. The third kappa shape index (κ3) is 8.78. The van der Waals surface area contributed by atoms with Crippen molar-refractivity contribution in [2.45, 2.75) is 97.3 Å². The number of rotatable bonds is 13. The molecular formula is C20H34ClN. The van der Waals surface area contributed by atoms with Crippen molar-refractivity contribution >= 4 is 11.6 Å². The summed E-state index contributed by atoms with van der Waals surface area (Å²) in [6.45, 7) is 4.41. The topological polar surface area (TPSA) is 12.9 Å². The zero-order chi connectivity index (χ0) is 16.0. The van der Waals surface area contributed by atoms with Gasteiger partial charge in [0.2, 0.25) is 0 Å². The molecule has 126 valence electrons. The summed E-state index contributed by atoms with van der Waals surface area (Å²) in [5.74, 6) is 0. The molecule has 0 aliphatic rings. The lowest BCUT2D eigenvalue weighted by Crippen LogP contribution is -1.93. The highest BCUT2D eigenvalue weighted by molar-refractivity contribution is 6.30. The number of pyridine rings is 1. The highest BCUT2D eigenvalue weighted by atomic mass is 35.5. The van der Waals surface area contributed by atoms with Crippen LogP contribution in [0.3, 0.4) is 0 Å². The number of hydrogen-bond donors (Lipinski definition) is 0. The van der Waals surface area contributed by atoms with Crippen molar-refractivity contribution in [1.29, 1.82) is 0 Å². The predicted octanol–water partition coefficient (Wildman–Crippen LogP) is 7.29. The quantitative estimate of drug-likeness (QED) is 0.274. The Morgan fingerprint density at radius 3 is 1.82 bits per heavy atom. The Bertz CT molecular complexity index is 369. The molecule has 0 aliphatic heterocycles. The van der Waals surface area contributed by atoms with Crippen LogP contribution in [0.5, 0.6) is 0 Å². The molecule has 0 unspecified atom stereocenters. The first kappa shape index (κ1) is 19.5. The van der Waals surface area contributed by atoms with Crippen molar-refractivity contribution in [3.63, 3.8) is 0 Å². The van der Waals surface area contributed by atoms with Crippen LogP contribution in [0.2, 0.25) is 5.15 Å². The van der Waals surface area contributed by atoms with E-state index in [-0.39, 0.29) is 0 Å². The van der Waals surface area contributed by atoms with Gasteiger partial charge in [0.1, 0.15) is 5.15 Å². The second kappa shape index (κ2) is 12.9. The Balaban J connectivity index is 1.92. The Morgan fingerprint density at radius 1 is 0.818 bits per heavy atom. The first-order chi connectivity index (χ1) is 10.8. The van der Waals surface area contributed by atoms with Crippen molar-refractivity contribution in [3.8, 4) is 0 Å². The maximum atomic E-state index is 6.16. The molecule has 1 heterocycles. The van der Waals surface area contributed by atoms with Crippen molar-refractivity contribution < 1.29 is 0 Å². The summed E-state index contributed by atoms with van der Waals surface area (Å²) in [5.41, 5.74) is 2.53. The molecule has 0 bridgehead atoms. The van der Waals surface area contributed by atoms with Gasteiger partial charge < -0.3 is 0 Å². The van der Waals surface area contributed by atoms with Gasteiger partial charge in [-0.05, 0) is 37.0 Å². The highest BCUT2D eigenvalue weighted by Gasteiger charge is 2.04. The summed E-state index contributed by atoms with van der Waals surface area (Å²) in [7, 11) is 0. The van der Waals surface area contributed by atoms with Crippen LogP contribution in [0.4, 0.5) is 0 Å². The first-order valence-electron chi connectivity index (χ1n) is 9.35. The second-order valence-corrected chi connectivity index (χ2v) is 6.89. The Labute approximate surface area is 142 Å². The molecular weight excluding hydrogens is 290 g/mol. The highest BCUT2D eigenvalue weighted by Crippen LogP contribution is 2.20. The van der Waals surface area contributed by atoms with Crippen LogP contribution in [0.25, 0.3) is 0 Å². The predicted molar refractivity (Wildman–Crippen MR) is 98.8 cm³/mol. The molecule has 22 heavy (non-hydrogen) atoms. The molecule has 0 radical (unpaired) electrons. The van der Waals surface area contributed by atoms with E-state index in [2.05, 4.69) is 24.9 Å². The standard InChI is InChI=1S/C20H34ClN/c1-3-4-5-6-7-8-9-10-11-12-13-14-15-19-18(2)16-17-22-20(19)21/h16-17H,3-15H2,1-2H3. The largest absolute Gasteiger partial charge is 0.244 e. The van der Waals surface area contributed by atoms with Crippen LogP contribution >= 0.6 is 11.6 Å². The number of nitrogens with zero attached hydrogens (tertiary/aromatic N) is 1. The van der Waals surface area contributed by atoms with Crippen molar-refractivity contribution in [3.05, 3.63) is 28.5 Å². The lowest BCUT2D eigenvalue weighted by Gasteiger charge is -2.07. The SMILES string of the molecule is CCCCCCCCCCCCCCc1c(C)ccnc1Cl. The number of hydrogen-bond acceptors (Lipinski definition) is 1. The molecule has 0 spiro atoms. The van der Waals surface area contributed by atoms with E-state index in [1.54, 1.807) is 6.20 Å². The number of unbranched alkanes of at least 4 members (excludes halogenated alkanes) is 11. The number of aryl methyl sites for hydroxylation is 1. The fourth-order valence-electron chi connectivity index (χ4n) is 3.00. The average molecular weight is 324 g/mol. The zero-order valence-electron chi connectivity index (χ0n) is 14.7. The minimum Gasteiger partial charge on any atom is -0.244 e. The summed E-state index contributed by atoms with van der Waals surface area (Å²) in [6, 6.07) is 2.06.